The van der Waals surface area contributed by atoms with Gasteiger partial charge in [0.25, 0.3) is 0 Å². The first-order chi connectivity index (χ1) is 14.7. The minimum Gasteiger partial charge on any atom is -0.490 e. The summed E-state index contributed by atoms with van der Waals surface area (Å²) in [4.78, 5) is 19.5. The number of piperidine rings is 1. The number of carbonyl (C=O) groups is 1. The number of amides is 1. The molecule has 0 radical (unpaired) electrons. The number of methoxy groups -OCH3 is 1. The predicted molar refractivity (Wildman–Crippen MR) is 118 cm³/mol. The molecule has 1 saturated carbocycles. The molecule has 1 aliphatic carbocycles. The second kappa shape index (κ2) is 10.2. The molecule has 2 heterocycles. The first-order valence-electron chi connectivity index (χ1n) is 11.2. The van der Waals surface area contributed by atoms with Crippen LogP contribution in [0.2, 0.25) is 0 Å². The zero-order valence-electron chi connectivity index (χ0n) is 17.9. The molecule has 0 spiro atoms. The van der Waals surface area contributed by atoms with Crippen LogP contribution in [0.15, 0.2) is 36.5 Å². The quantitative estimate of drug-likeness (QED) is 0.757. The molecule has 1 atom stereocenters. The van der Waals surface area contributed by atoms with Gasteiger partial charge in [0.1, 0.15) is 5.75 Å². The molecule has 1 saturated heterocycles. The Morgan fingerprint density at radius 1 is 1.20 bits per heavy atom. The van der Waals surface area contributed by atoms with Crippen molar-refractivity contribution >= 4 is 16.8 Å². The van der Waals surface area contributed by atoms with E-state index in [9.17, 15) is 4.79 Å². The number of nitrogens with one attached hydrogen (secondary N) is 1. The number of benzene rings is 1. The van der Waals surface area contributed by atoms with Gasteiger partial charge >= 0.3 is 0 Å². The molecule has 2 aliphatic rings. The van der Waals surface area contributed by atoms with E-state index >= 15 is 0 Å². The average Bonchev–Trinajstić information content (AvgIpc) is 2.79. The summed E-state index contributed by atoms with van der Waals surface area (Å²) in [6.07, 6.45) is 8.00. The number of likely N-dealkylation sites (tertiary alicyclic amines) is 1. The molecule has 2 aromatic rings. The fraction of sp³-hybridized carbons (Fsp3) is 0.583. The molecule has 4 rings (SSSR count). The minimum absolute atomic E-state index is 0.107. The molecule has 6 heteroatoms. The lowest BCUT2D eigenvalue weighted by Crippen LogP contribution is -2.47. The van der Waals surface area contributed by atoms with Crippen LogP contribution in [0.5, 0.6) is 5.75 Å². The largest absolute Gasteiger partial charge is 0.490 e. The Morgan fingerprint density at radius 3 is 2.90 bits per heavy atom. The molecular weight excluding hydrogens is 378 g/mol. The Labute approximate surface area is 178 Å². The van der Waals surface area contributed by atoms with Crippen LogP contribution < -0.4 is 10.1 Å². The van der Waals surface area contributed by atoms with Crippen molar-refractivity contribution in [3.05, 3.63) is 36.5 Å². The van der Waals surface area contributed by atoms with Gasteiger partial charge in [-0.2, -0.15) is 0 Å². The van der Waals surface area contributed by atoms with Crippen LogP contribution in [0.25, 0.3) is 10.9 Å². The van der Waals surface area contributed by atoms with Gasteiger partial charge in [-0.25, -0.2) is 0 Å². The van der Waals surface area contributed by atoms with Crippen LogP contribution in [0.1, 0.15) is 38.5 Å². The monoisotopic (exact) mass is 411 g/mol. The van der Waals surface area contributed by atoms with Crippen LogP contribution >= 0.6 is 0 Å². The summed E-state index contributed by atoms with van der Waals surface area (Å²) in [5, 5.41) is 4.41. The third-order valence-corrected chi connectivity index (χ3v) is 6.39. The summed E-state index contributed by atoms with van der Waals surface area (Å²) >= 11 is 0. The van der Waals surface area contributed by atoms with Crippen LogP contribution in [-0.2, 0) is 9.53 Å². The highest BCUT2D eigenvalue weighted by Gasteiger charge is 2.29. The normalized spacial score (nSPS) is 25.2. The number of carbonyl (C=O) groups excluding carboxylic acids is 1. The van der Waals surface area contributed by atoms with E-state index in [-0.39, 0.29) is 24.0 Å². The van der Waals surface area contributed by atoms with E-state index < -0.39 is 0 Å². The number of fused-ring (bicyclic) bond motifs is 1. The van der Waals surface area contributed by atoms with Crippen molar-refractivity contribution in [1.82, 2.24) is 15.2 Å². The van der Waals surface area contributed by atoms with Crippen molar-refractivity contribution in [2.75, 3.05) is 33.4 Å². The van der Waals surface area contributed by atoms with Crippen molar-refractivity contribution in [3.63, 3.8) is 0 Å². The Morgan fingerprint density at radius 2 is 2.07 bits per heavy atom. The van der Waals surface area contributed by atoms with Gasteiger partial charge in [-0.3, -0.25) is 9.78 Å². The second-order valence-corrected chi connectivity index (χ2v) is 8.59. The number of aromatic nitrogens is 1. The molecule has 1 amide bonds. The summed E-state index contributed by atoms with van der Waals surface area (Å²) in [6, 6.07) is 10.4. The molecule has 0 bridgehead atoms. The van der Waals surface area contributed by atoms with Crippen molar-refractivity contribution < 1.29 is 14.3 Å². The molecule has 1 aliphatic heterocycles. The lowest BCUT2D eigenvalue weighted by atomic mass is 9.91. The SMILES string of the molecule is COCCN1CCCC(C(=O)NC2CCC(Oc3ccc4ncccc4c3)CC2)C1. The van der Waals surface area contributed by atoms with Crippen LogP contribution in [0, 0.1) is 5.92 Å². The maximum absolute atomic E-state index is 12.8. The highest BCUT2D eigenvalue weighted by Crippen LogP contribution is 2.26. The first-order valence-corrected chi connectivity index (χ1v) is 11.2. The number of pyridine rings is 1. The average molecular weight is 412 g/mol. The van der Waals surface area contributed by atoms with Gasteiger partial charge < -0.3 is 19.7 Å². The molecule has 6 nitrogen and oxygen atoms in total. The fourth-order valence-electron chi connectivity index (χ4n) is 4.66. The standard InChI is InChI=1S/C24H33N3O3/c1-29-15-14-27-13-3-5-19(17-27)24(28)26-20-6-8-21(9-7-20)30-22-10-11-23-18(16-22)4-2-12-25-23/h2,4,10-12,16,19-21H,3,5-9,13-15,17H2,1H3,(H,26,28). The highest BCUT2D eigenvalue weighted by molar-refractivity contribution is 5.80. The van der Waals surface area contributed by atoms with Gasteiger partial charge in [0.15, 0.2) is 0 Å². The van der Waals surface area contributed by atoms with Gasteiger partial charge in [-0.15, -0.1) is 0 Å². The van der Waals surface area contributed by atoms with E-state index in [1.54, 1.807) is 7.11 Å². The number of hydrogen-bond acceptors (Lipinski definition) is 5. The van der Waals surface area contributed by atoms with Crippen molar-refractivity contribution in [2.45, 2.75) is 50.7 Å². The maximum atomic E-state index is 12.8. The number of nitrogens with zero attached hydrogens (tertiary/aromatic N) is 2. The molecule has 1 aromatic carbocycles. The lowest BCUT2D eigenvalue weighted by Gasteiger charge is -2.34. The second-order valence-electron chi connectivity index (χ2n) is 8.59. The van der Waals surface area contributed by atoms with Crippen molar-refractivity contribution in [1.29, 1.82) is 0 Å². The van der Waals surface area contributed by atoms with E-state index in [0.29, 0.717) is 0 Å². The molecule has 1 unspecified atom stereocenters. The van der Waals surface area contributed by atoms with Crippen LogP contribution in [0.4, 0.5) is 0 Å². The lowest BCUT2D eigenvalue weighted by molar-refractivity contribution is -0.127. The molecule has 162 valence electrons. The van der Waals surface area contributed by atoms with Gasteiger partial charge in [-0.05, 0) is 69.3 Å². The van der Waals surface area contributed by atoms with Gasteiger partial charge in [0.05, 0.1) is 24.1 Å². The number of hydrogen-bond donors (Lipinski definition) is 1. The number of rotatable bonds is 7. The first kappa shape index (κ1) is 21.1. The van der Waals surface area contributed by atoms with Crippen molar-refractivity contribution in [3.8, 4) is 5.75 Å². The zero-order valence-corrected chi connectivity index (χ0v) is 17.9. The fourth-order valence-corrected chi connectivity index (χ4v) is 4.66. The van der Waals surface area contributed by atoms with Gasteiger partial charge in [0.2, 0.25) is 5.91 Å². The Balaban J connectivity index is 1.22. The van der Waals surface area contributed by atoms with E-state index in [1.165, 1.54) is 0 Å². The Bertz CT molecular complexity index is 835. The highest BCUT2D eigenvalue weighted by atomic mass is 16.5. The summed E-state index contributed by atoms with van der Waals surface area (Å²) in [5.74, 6) is 1.24. The Hall–Kier alpha value is -2.18. The smallest absolute Gasteiger partial charge is 0.224 e. The van der Waals surface area contributed by atoms with Gasteiger partial charge in [0, 0.05) is 37.8 Å². The number of ether oxygens (including phenoxy) is 2. The summed E-state index contributed by atoms with van der Waals surface area (Å²) in [5.41, 5.74) is 0.986. The van der Waals surface area contributed by atoms with Crippen molar-refractivity contribution in [2.24, 2.45) is 5.92 Å². The predicted octanol–water partition coefficient (Wildman–Crippen LogP) is 3.40. The van der Waals surface area contributed by atoms with E-state index in [4.69, 9.17) is 9.47 Å². The van der Waals surface area contributed by atoms with E-state index in [0.717, 1.165) is 81.4 Å². The summed E-state index contributed by atoms with van der Waals surface area (Å²) in [7, 11) is 1.73. The van der Waals surface area contributed by atoms with E-state index in [1.807, 2.05) is 24.4 Å². The molecule has 30 heavy (non-hydrogen) atoms. The van der Waals surface area contributed by atoms with Crippen LogP contribution in [0.3, 0.4) is 0 Å². The molecule has 1 aromatic heterocycles. The maximum Gasteiger partial charge on any atom is 0.224 e. The topological polar surface area (TPSA) is 63.7 Å². The summed E-state index contributed by atoms with van der Waals surface area (Å²) < 4.78 is 11.4. The summed E-state index contributed by atoms with van der Waals surface area (Å²) in [6.45, 7) is 3.56. The third kappa shape index (κ3) is 5.49. The minimum atomic E-state index is 0.107. The zero-order chi connectivity index (χ0) is 20.8. The molecule has 1 N–H and O–H groups in total. The Kier molecular flexibility index (Phi) is 7.18. The van der Waals surface area contributed by atoms with Gasteiger partial charge in [-0.1, -0.05) is 6.07 Å². The van der Waals surface area contributed by atoms with E-state index in [2.05, 4.69) is 27.3 Å². The third-order valence-electron chi connectivity index (χ3n) is 6.39. The molecule has 2 fully saturated rings. The molecular formula is C24H33N3O3. The van der Waals surface area contributed by atoms with Crippen LogP contribution in [-0.4, -0.2) is 61.3 Å².